The molecule has 4 aromatic rings. The highest BCUT2D eigenvalue weighted by Crippen LogP contribution is 2.35. The second-order valence-electron chi connectivity index (χ2n) is 8.84. The third kappa shape index (κ3) is 6.93. The number of carbonyl (C=O) groups excluding carboxylic acids is 1. The number of nitrogens with zero attached hydrogens (tertiary/aromatic N) is 1. The Kier molecular flexibility index (Phi) is 9.17. The van der Waals surface area contributed by atoms with Crippen LogP contribution in [0.5, 0.6) is 17.2 Å². The fourth-order valence-corrected chi connectivity index (χ4v) is 4.57. The molecule has 0 spiro atoms. The number of aromatic hydroxyl groups is 1. The average Bonchev–Trinajstić information content (AvgIpc) is 2.94. The van der Waals surface area contributed by atoms with E-state index in [1.165, 1.54) is 19.5 Å². The predicted molar refractivity (Wildman–Crippen MR) is 152 cm³/mol. The van der Waals surface area contributed by atoms with Gasteiger partial charge in [0.25, 0.3) is 0 Å². The first-order valence-corrected chi connectivity index (χ1v) is 12.9. The summed E-state index contributed by atoms with van der Waals surface area (Å²) >= 11 is 12.8. The average molecular weight is 567 g/mol. The number of methoxy groups -OCH3 is 2. The van der Waals surface area contributed by atoms with Crippen LogP contribution in [-0.2, 0) is 17.7 Å². The number of rotatable bonds is 10. The molecule has 2 N–H and O–H groups in total. The van der Waals surface area contributed by atoms with E-state index in [0.717, 1.165) is 16.8 Å². The van der Waals surface area contributed by atoms with Crippen LogP contribution in [0.1, 0.15) is 38.7 Å². The van der Waals surface area contributed by atoms with Crippen molar-refractivity contribution < 1.29 is 24.1 Å². The number of phenols is 1. The minimum atomic E-state index is -0.718. The summed E-state index contributed by atoms with van der Waals surface area (Å²) in [5, 5.41) is 13.8. The van der Waals surface area contributed by atoms with Gasteiger partial charge in [-0.2, -0.15) is 0 Å². The van der Waals surface area contributed by atoms with Gasteiger partial charge >= 0.3 is 5.97 Å². The third-order valence-corrected chi connectivity index (χ3v) is 6.92. The van der Waals surface area contributed by atoms with E-state index >= 15 is 0 Å². The van der Waals surface area contributed by atoms with Crippen molar-refractivity contribution in [2.45, 2.75) is 26.0 Å². The molecule has 0 bridgehead atoms. The summed E-state index contributed by atoms with van der Waals surface area (Å²) in [7, 11) is 3.09. The van der Waals surface area contributed by atoms with Crippen molar-refractivity contribution in [2.75, 3.05) is 19.5 Å². The highest BCUT2D eigenvalue weighted by Gasteiger charge is 2.23. The molecular weight excluding hydrogens is 539 g/mol. The summed E-state index contributed by atoms with van der Waals surface area (Å²) in [6.07, 6.45) is 2.51. The fraction of sp³-hybridized carbons (Fsp3) is 0.200. The zero-order valence-electron chi connectivity index (χ0n) is 21.7. The van der Waals surface area contributed by atoms with Crippen molar-refractivity contribution in [3.05, 3.63) is 111 Å². The van der Waals surface area contributed by atoms with Crippen LogP contribution in [0.4, 0.5) is 5.69 Å². The lowest BCUT2D eigenvalue weighted by atomic mass is 10.0. The number of aromatic nitrogens is 1. The molecule has 0 unspecified atom stereocenters. The minimum absolute atomic E-state index is 0.194. The largest absolute Gasteiger partial charge is 0.508 e. The molecule has 0 saturated heterocycles. The van der Waals surface area contributed by atoms with Crippen LogP contribution in [-0.4, -0.2) is 30.3 Å². The van der Waals surface area contributed by atoms with Crippen LogP contribution in [0.3, 0.4) is 0 Å². The number of anilines is 1. The number of phenolic OH excluding ortho intramolecular Hbond substituents is 1. The molecule has 1 aromatic heterocycles. The number of nitrogens with one attached hydrogen (secondary N) is 1. The second kappa shape index (κ2) is 12.7. The molecule has 4 rings (SSSR count). The monoisotopic (exact) mass is 566 g/mol. The Morgan fingerprint density at radius 2 is 1.64 bits per heavy atom. The zero-order valence-corrected chi connectivity index (χ0v) is 23.2. The van der Waals surface area contributed by atoms with Gasteiger partial charge in [-0.15, -0.1) is 0 Å². The van der Waals surface area contributed by atoms with Crippen molar-refractivity contribution in [3.8, 4) is 17.2 Å². The number of carbonyl (C=O) groups is 1. The summed E-state index contributed by atoms with van der Waals surface area (Å²) in [6, 6.07) is 17.6. The smallest absolute Gasteiger partial charge is 0.338 e. The molecule has 1 heterocycles. The molecule has 202 valence electrons. The van der Waals surface area contributed by atoms with E-state index in [1.807, 2.05) is 25.1 Å². The van der Waals surface area contributed by atoms with Gasteiger partial charge in [-0.3, -0.25) is 4.98 Å². The van der Waals surface area contributed by atoms with Crippen molar-refractivity contribution in [3.63, 3.8) is 0 Å². The maximum absolute atomic E-state index is 13.2. The van der Waals surface area contributed by atoms with Gasteiger partial charge in [-0.05, 0) is 59.5 Å². The summed E-state index contributed by atoms with van der Waals surface area (Å²) in [5.41, 5.74) is 4.51. The normalized spacial score (nSPS) is 11.5. The third-order valence-electron chi connectivity index (χ3n) is 6.26. The number of benzene rings is 3. The lowest BCUT2D eigenvalue weighted by Crippen LogP contribution is -2.15. The van der Waals surface area contributed by atoms with Crippen molar-refractivity contribution in [1.29, 1.82) is 0 Å². The van der Waals surface area contributed by atoms with Gasteiger partial charge < -0.3 is 24.6 Å². The van der Waals surface area contributed by atoms with E-state index in [0.29, 0.717) is 44.8 Å². The molecule has 0 aliphatic carbocycles. The quantitative estimate of drug-likeness (QED) is 0.196. The molecule has 9 heteroatoms. The van der Waals surface area contributed by atoms with Crippen molar-refractivity contribution in [2.24, 2.45) is 0 Å². The first-order valence-electron chi connectivity index (χ1n) is 12.1. The Morgan fingerprint density at radius 1 is 0.949 bits per heavy atom. The van der Waals surface area contributed by atoms with Gasteiger partial charge in [-0.25, -0.2) is 4.79 Å². The Hall–Kier alpha value is -3.94. The van der Waals surface area contributed by atoms with Gasteiger partial charge in [0, 0.05) is 37.1 Å². The highest BCUT2D eigenvalue weighted by atomic mass is 35.5. The van der Waals surface area contributed by atoms with E-state index in [2.05, 4.69) is 10.3 Å². The van der Waals surface area contributed by atoms with Crippen LogP contribution in [0.2, 0.25) is 10.0 Å². The Balaban J connectivity index is 1.54. The van der Waals surface area contributed by atoms with Crippen molar-refractivity contribution >= 4 is 34.9 Å². The summed E-state index contributed by atoms with van der Waals surface area (Å²) in [4.78, 5) is 17.2. The van der Waals surface area contributed by atoms with E-state index < -0.39 is 12.1 Å². The molecule has 0 amide bonds. The minimum Gasteiger partial charge on any atom is -0.508 e. The lowest BCUT2D eigenvalue weighted by Gasteiger charge is -2.21. The maximum Gasteiger partial charge on any atom is 0.338 e. The van der Waals surface area contributed by atoms with Crippen LogP contribution in [0, 0.1) is 6.92 Å². The molecule has 1 atom stereocenters. The van der Waals surface area contributed by atoms with Gasteiger partial charge in [0.2, 0.25) is 0 Å². The molecule has 0 aliphatic heterocycles. The molecule has 0 saturated carbocycles. The first kappa shape index (κ1) is 28.1. The Labute approximate surface area is 237 Å². The fourth-order valence-electron chi connectivity index (χ4n) is 4.05. The standard InChI is InChI=1S/C30H28Cl2N2O5/c1-18-4-10-22(35)13-26(18)34-15-19-5-7-20(8-6-19)30(36)39-28(14-23-24(31)16-33-17-25(23)32)21-9-11-27(37-2)29(12-21)38-3/h4-13,16-17,28,34-35H,14-15H2,1-3H3/t28-/m0/s1. The molecule has 7 nitrogen and oxygen atoms in total. The van der Waals surface area contributed by atoms with Gasteiger partial charge in [0.05, 0.1) is 29.8 Å². The summed E-state index contributed by atoms with van der Waals surface area (Å²) in [5.74, 6) is 0.747. The van der Waals surface area contributed by atoms with Crippen LogP contribution in [0.25, 0.3) is 0 Å². The maximum atomic E-state index is 13.2. The van der Waals surface area contributed by atoms with Gasteiger partial charge in [-0.1, -0.05) is 47.5 Å². The van der Waals surface area contributed by atoms with E-state index in [-0.39, 0.29) is 12.2 Å². The zero-order chi connectivity index (χ0) is 27.9. The number of aryl methyl sites for hydroxylation is 1. The lowest BCUT2D eigenvalue weighted by molar-refractivity contribution is 0.0297. The number of pyridine rings is 1. The molecular formula is C30H28Cl2N2O5. The number of esters is 1. The van der Waals surface area contributed by atoms with E-state index in [1.54, 1.807) is 49.6 Å². The van der Waals surface area contributed by atoms with Gasteiger partial charge in [0.1, 0.15) is 11.9 Å². The number of hydrogen-bond donors (Lipinski definition) is 2. The molecule has 0 fully saturated rings. The molecule has 3 aromatic carbocycles. The SMILES string of the molecule is COc1ccc([C@H](Cc2c(Cl)cncc2Cl)OC(=O)c2ccc(CNc3cc(O)ccc3C)cc2)cc1OC. The Bertz CT molecular complexity index is 1440. The summed E-state index contributed by atoms with van der Waals surface area (Å²) < 4.78 is 16.8. The first-order chi connectivity index (χ1) is 18.8. The van der Waals surface area contributed by atoms with Crippen LogP contribution >= 0.6 is 23.2 Å². The van der Waals surface area contributed by atoms with Gasteiger partial charge in [0.15, 0.2) is 11.5 Å². The topological polar surface area (TPSA) is 89.9 Å². The Morgan fingerprint density at radius 3 is 2.31 bits per heavy atom. The summed E-state index contributed by atoms with van der Waals surface area (Å²) in [6.45, 7) is 2.48. The second-order valence-corrected chi connectivity index (χ2v) is 9.66. The van der Waals surface area contributed by atoms with Crippen LogP contribution < -0.4 is 14.8 Å². The van der Waals surface area contributed by atoms with Crippen LogP contribution in [0.15, 0.2) is 73.1 Å². The predicted octanol–water partition coefficient (Wildman–Crippen LogP) is 7.17. The molecule has 0 radical (unpaired) electrons. The van der Waals surface area contributed by atoms with Crippen molar-refractivity contribution in [1.82, 2.24) is 4.98 Å². The number of ether oxygens (including phenoxy) is 3. The van der Waals surface area contributed by atoms with E-state index in [9.17, 15) is 9.90 Å². The molecule has 0 aliphatic rings. The molecule has 39 heavy (non-hydrogen) atoms. The highest BCUT2D eigenvalue weighted by molar-refractivity contribution is 6.35. The van der Waals surface area contributed by atoms with E-state index in [4.69, 9.17) is 37.4 Å². The number of halogens is 2. The number of hydrogen-bond acceptors (Lipinski definition) is 7.